The van der Waals surface area contributed by atoms with Gasteiger partial charge in [-0.1, -0.05) is 24.3 Å². The van der Waals surface area contributed by atoms with Crippen molar-refractivity contribution >= 4 is 28.2 Å². The summed E-state index contributed by atoms with van der Waals surface area (Å²) in [5.74, 6) is 1.13. The van der Waals surface area contributed by atoms with Crippen LogP contribution in [0, 0.1) is 0 Å². The number of thiophene rings is 1. The van der Waals surface area contributed by atoms with Gasteiger partial charge in [0.2, 0.25) is 5.91 Å². The van der Waals surface area contributed by atoms with E-state index in [9.17, 15) is 4.79 Å². The summed E-state index contributed by atoms with van der Waals surface area (Å²) in [5.41, 5.74) is 2.40. The number of rotatable bonds is 6. The molecular formula is C23H31N5OS. The fourth-order valence-corrected chi connectivity index (χ4v) is 4.91. The molecule has 2 fully saturated rings. The second-order valence-corrected chi connectivity index (χ2v) is 8.94. The average molecular weight is 426 g/mol. The molecule has 2 aromatic rings. The maximum atomic E-state index is 11.8. The second-order valence-electron chi connectivity index (χ2n) is 8.02. The van der Waals surface area contributed by atoms with E-state index in [0.717, 1.165) is 57.9 Å². The van der Waals surface area contributed by atoms with Crippen LogP contribution in [0.25, 0.3) is 0 Å². The van der Waals surface area contributed by atoms with Crippen LogP contribution < -0.4 is 15.5 Å². The van der Waals surface area contributed by atoms with Crippen molar-refractivity contribution in [1.29, 1.82) is 0 Å². The minimum atomic E-state index is 0.275. The Labute approximate surface area is 183 Å². The SMILES string of the molecule is CN=C(NCc1ccc(CN2CCCC2=O)cc1)NC1CCN(c2cccs2)CC1. The summed E-state index contributed by atoms with van der Waals surface area (Å²) >= 11 is 1.81. The molecule has 4 rings (SSSR count). The minimum Gasteiger partial charge on any atom is -0.363 e. The number of carbonyl (C=O) groups excluding carboxylic acids is 1. The molecule has 1 amide bonds. The van der Waals surface area contributed by atoms with E-state index in [1.54, 1.807) is 0 Å². The van der Waals surface area contributed by atoms with Gasteiger partial charge in [0.15, 0.2) is 5.96 Å². The number of anilines is 1. The summed E-state index contributed by atoms with van der Waals surface area (Å²) < 4.78 is 0. The van der Waals surface area contributed by atoms with Crippen molar-refractivity contribution in [3.63, 3.8) is 0 Å². The van der Waals surface area contributed by atoms with Gasteiger partial charge in [-0.25, -0.2) is 0 Å². The Morgan fingerprint density at radius 1 is 1.13 bits per heavy atom. The van der Waals surface area contributed by atoms with E-state index in [0.29, 0.717) is 12.5 Å². The molecule has 7 heteroatoms. The Morgan fingerprint density at radius 3 is 2.53 bits per heavy atom. The van der Waals surface area contributed by atoms with Gasteiger partial charge in [0.25, 0.3) is 0 Å². The van der Waals surface area contributed by atoms with Gasteiger partial charge in [0, 0.05) is 52.2 Å². The molecule has 0 bridgehead atoms. The van der Waals surface area contributed by atoms with Gasteiger partial charge in [-0.05, 0) is 47.9 Å². The highest BCUT2D eigenvalue weighted by atomic mass is 32.1. The molecule has 2 aliphatic rings. The average Bonchev–Trinajstić information content (AvgIpc) is 3.45. The van der Waals surface area contributed by atoms with Crippen LogP contribution in [0.5, 0.6) is 0 Å². The van der Waals surface area contributed by atoms with E-state index >= 15 is 0 Å². The zero-order valence-corrected chi connectivity index (χ0v) is 18.5. The molecule has 1 aromatic carbocycles. The van der Waals surface area contributed by atoms with Crippen LogP contribution in [-0.4, -0.2) is 49.5 Å². The summed E-state index contributed by atoms with van der Waals surface area (Å²) in [7, 11) is 1.83. The molecule has 0 unspecified atom stereocenters. The van der Waals surface area contributed by atoms with Crippen molar-refractivity contribution in [3.05, 3.63) is 52.9 Å². The molecule has 2 aliphatic heterocycles. The number of hydrogen-bond acceptors (Lipinski definition) is 4. The largest absolute Gasteiger partial charge is 0.363 e. The lowest BCUT2D eigenvalue weighted by atomic mass is 10.1. The zero-order chi connectivity index (χ0) is 20.8. The monoisotopic (exact) mass is 425 g/mol. The van der Waals surface area contributed by atoms with Gasteiger partial charge in [0.1, 0.15) is 0 Å². The molecule has 0 aliphatic carbocycles. The standard InChI is InChI=1S/C23H31N5OS/c1-24-23(26-20-10-13-27(14-11-20)22-5-3-15-30-22)25-16-18-6-8-19(9-7-18)17-28-12-2-4-21(28)29/h3,5-9,15,20H,2,4,10-14,16-17H2,1H3,(H2,24,25,26). The smallest absolute Gasteiger partial charge is 0.222 e. The molecule has 30 heavy (non-hydrogen) atoms. The van der Waals surface area contributed by atoms with Crippen molar-refractivity contribution in [2.24, 2.45) is 4.99 Å². The number of benzene rings is 1. The van der Waals surface area contributed by atoms with Crippen LogP contribution in [-0.2, 0) is 17.9 Å². The number of hydrogen-bond donors (Lipinski definition) is 2. The summed E-state index contributed by atoms with van der Waals surface area (Å²) in [5, 5.41) is 10.5. The van der Waals surface area contributed by atoms with Gasteiger partial charge >= 0.3 is 0 Å². The van der Waals surface area contributed by atoms with Gasteiger partial charge in [-0.15, -0.1) is 11.3 Å². The van der Waals surface area contributed by atoms with Gasteiger partial charge in [-0.2, -0.15) is 0 Å². The Kier molecular flexibility index (Phi) is 6.89. The van der Waals surface area contributed by atoms with Gasteiger partial charge in [0.05, 0.1) is 5.00 Å². The van der Waals surface area contributed by atoms with E-state index in [1.165, 1.54) is 16.1 Å². The van der Waals surface area contributed by atoms with E-state index in [2.05, 4.69) is 62.3 Å². The molecule has 2 saturated heterocycles. The molecule has 0 saturated carbocycles. The number of nitrogens with one attached hydrogen (secondary N) is 2. The third-order valence-corrected chi connectivity index (χ3v) is 6.83. The van der Waals surface area contributed by atoms with Gasteiger partial charge in [-0.3, -0.25) is 9.79 Å². The minimum absolute atomic E-state index is 0.275. The maximum Gasteiger partial charge on any atom is 0.222 e. The molecule has 6 nitrogen and oxygen atoms in total. The van der Waals surface area contributed by atoms with Crippen LogP contribution in [0.4, 0.5) is 5.00 Å². The first-order chi connectivity index (χ1) is 14.7. The van der Waals surface area contributed by atoms with Crippen LogP contribution in [0.2, 0.25) is 0 Å². The van der Waals surface area contributed by atoms with Crippen molar-refractivity contribution in [3.8, 4) is 0 Å². The Bertz CT molecular complexity index is 841. The first kappa shape index (κ1) is 20.7. The number of nitrogens with zero attached hydrogens (tertiary/aromatic N) is 3. The third kappa shape index (κ3) is 5.33. The van der Waals surface area contributed by atoms with Crippen LogP contribution in [0.15, 0.2) is 46.8 Å². The van der Waals surface area contributed by atoms with Crippen molar-refractivity contribution in [1.82, 2.24) is 15.5 Å². The van der Waals surface area contributed by atoms with Gasteiger partial charge < -0.3 is 20.4 Å². The van der Waals surface area contributed by atoms with Crippen LogP contribution in [0.1, 0.15) is 36.8 Å². The second kappa shape index (κ2) is 9.98. The van der Waals surface area contributed by atoms with Crippen molar-refractivity contribution in [2.45, 2.75) is 44.8 Å². The van der Waals surface area contributed by atoms with Crippen LogP contribution in [0.3, 0.4) is 0 Å². The van der Waals surface area contributed by atoms with Crippen molar-refractivity contribution in [2.75, 3.05) is 31.6 Å². The number of carbonyl (C=O) groups is 1. The number of guanidine groups is 1. The highest BCUT2D eigenvalue weighted by molar-refractivity contribution is 7.14. The molecule has 0 atom stereocenters. The highest BCUT2D eigenvalue weighted by Crippen LogP contribution is 2.24. The molecule has 0 spiro atoms. The third-order valence-electron chi connectivity index (χ3n) is 5.90. The molecular weight excluding hydrogens is 394 g/mol. The van der Waals surface area contributed by atoms with Crippen LogP contribution >= 0.6 is 11.3 Å². The first-order valence-electron chi connectivity index (χ1n) is 10.8. The maximum absolute atomic E-state index is 11.8. The number of likely N-dealkylation sites (tertiary alicyclic amines) is 1. The Hall–Kier alpha value is -2.54. The predicted molar refractivity (Wildman–Crippen MR) is 124 cm³/mol. The summed E-state index contributed by atoms with van der Waals surface area (Å²) in [4.78, 5) is 20.6. The summed E-state index contributed by atoms with van der Waals surface area (Å²) in [6, 6.07) is 13.3. The lowest BCUT2D eigenvalue weighted by molar-refractivity contribution is -0.128. The fraction of sp³-hybridized carbons (Fsp3) is 0.478. The van der Waals surface area contributed by atoms with E-state index in [1.807, 2.05) is 23.3 Å². The molecule has 2 N–H and O–H groups in total. The molecule has 160 valence electrons. The number of piperidine rings is 1. The summed E-state index contributed by atoms with van der Waals surface area (Å²) in [6.07, 6.45) is 3.91. The molecule has 1 aromatic heterocycles. The highest BCUT2D eigenvalue weighted by Gasteiger charge is 2.21. The normalized spacial score (nSPS) is 18.2. The lowest BCUT2D eigenvalue weighted by Gasteiger charge is -2.33. The summed E-state index contributed by atoms with van der Waals surface area (Å²) in [6.45, 7) is 4.50. The molecule has 3 heterocycles. The quantitative estimate of drug-likeness (QED) is 0.551. The first-order valence-corrected chi connectivity index (χ1v) is 11.7. The van der Waals surface area contributed by atoms with E-state index < -0.39 is 0 Å². The number of aliphatic imine (C=N–C) groups is 1. The Balaban J connectivity index is 1.21. The fourth-order valence-electron chi connectivity index (χ4n) is 4.12. The lowest BCUT2D eigenvalue weighted by Crippen LogP contribution is -2.48. The molecule has 0 radical (unpaired) electrons. The number of amides is 1. The topological polar surface area (TPSA) is 60.0 Å². The van der Waals surface area contributed by atoms with Crippen molar-refractivity contribution < 1.29 is 4.79 Å². The predicted octanol–water partition coefficient (Wildman–Crippen LogP) is 3.20. The van der Waals surface area contributed by atoms with E-state index in [4.69, 9.17) is 0 Å². The Morgan fingerprint density at radius 2 is 1.90 bits per heavy atom. The zero-order valence-electron chi connectivity index (χ0n) is 17.6. The van der Waals surface area contributed by atoms with E-state index in [-0.39, 0.29) is 5.91 Å².